The first-order valence-corrected chi connectivity index (χ1v) is 9.31. The van der Waals surface area contributed by atoms with Gasteiger partial charge in [0.05, 0.1) is 18.9 Å². The molecule has 0 fully saturated rings. The molecule has 26 heavy (non-hydrogen) atoms. The Balaban J connectivity index is 1.81. The monoisotopic (exact) mass is 368 g/mol. The van der Waals surface area contributed by atoms with Crippen LogP contribution in [0.2, 0.25) is 0 Å². The van der Waals surface area contributed by atoms with Crippen molar-refractivity contribution in [2.24, 2.45) is 0 Å². The summed E-state index contributed by atoms with van der Waals surface area (Å²) in [4.78, 5) is 17.1. The highest BCUT2D eigenvalue weighted by molar-refractivity contribution is 7.13. The van der Waals surface area contributed by atoms with Gasteiger partial charge in [0.25, 0.3) is 5.91 Å². The number of amides is 1. The van der Waals surface area contributed by atoms with Crippen LogP contribution in [-0.4, -0.2) is 24.1 Å². The maximum Gasteiger partial charge on any atom is 0.275 e. The van der Waals surface area contributed by atoms with Crippen molar-refractivity contribution in [2.75, 3.05) is 18.5 Å². The number of aromatic nitrogens is 1. The van der Waals surface area contributed by atoms with Crippen molar-refractivity contribution in [1.29, 1.82) is 0 Å². The van der Waals surface area contributed by atoms with Crippen molar-refractivity contribution < 1.29 is 14.3 Å². The summed E-state index contributed by atoms with van der Waals surface area (Å²) in [6.45, 7) is 4.86. The molecule has 0 aliphatic rings. The molecule has 1 amide bonds. The molecule has 0 saturated heterocycles. The second kappa shape index (κ2) is 8.49. The minimum absolute atomic E-state index is 0.280. The molecule has 5 nitrogen and oxygen atoms in total. The average Bonchev–Trinajstić information content (AvgIpc) is 3.15. The number of carbonyl (C=O) groups excluding carboxylic acids is 1. The van der Waals surface area contributed by atoms with Crippen LogP contribution in [-0.2, 0) is 0 Å². The lowest BCUT2D eigenvalue weighted by molar-refractivity contribution is 0.102. The van der Waals surface area contributed by atoms with Crippen LogP contribution in [0, 0.1) is 0 Å². The summed E-state index contributed by atoms with van der Waals surface area (Å²) in [5, 5.41) is 5.44. The highest BCUT2D eigenvalue weighted by Crippen LogP contribution is 2.30. The largest absolute Gasteiger partial charge is 0.494 e. The van der Waals surface area contributed by atoms with E-state index in [0.717, 1.165) is 10.6 Å². The molecule has 6 heteroatoms. The third-order valence-corrected chi connectivity index (χ3v) is 4.46. The topological polar surface area (TPSA) is 60.5 Å². The molecular formula is C20H20N2O3S. The molecule has 0 radical (unpaired) electrons. The van der Waals surface area contributed by atoms with E-state index in [0.29, 0.717) is 36.1 Å². The Bertz CT molecular complexity index is 878. The van der Waals surface area contributed by atoms with Crippen LogP contribution < -0.4 is 14.8 Å². The van der Waals surface area contributed by atoms with E-state index >= 15 is 0 Å². The van der Waals surface area contributed by atoms with Gasteiger partial charge in [0.1, 0.15) is 22.2 Å². The number of anilines is 1. The van der Waals surface area contributed by atoms with E-state index in [4.69, 9.17) is 9.47 Å². The summed E-state index contributed by atoms with van der Waals surface area (Å²) in [5.74, 6) is 0.996. The Hall–Kier alpha value is -2.86. The molecule has 1 heterocycles. The molecule has 3 aromatic rings. The standard InChI is InChI=1S/C20H20N2O3S/c1-3-24-15-10-11-18(25-4-2)16(12-15)21-19(23)17-13-26-20(22-17)14-8-6-5-7-9-14/h5-13H,3-4H2,1-2H3,(H,21,23). The van der Waals surface area contributed by atoms with E-state index in [1.807, 2.05) is 50.2 Å². The zero-order valence-electron chi connectivity index (χ0n) is 14.7. The summed E-state index contributed by atoms with van der Waals surface area (Å²) in [7, 11) is 0. The molecule has 1 N–H and O–H groups in total. The number of nitrogens with zero attached hydrogens (tertiary/aromatic N) is 1. The fourth-order valence-corrected chi connectivity index (χ4v) is 3.23. The summed E-state index contributed by atoms with van der Waals surface area (Å²) >= 11 is 1.44. The van der Waals surface area contributed by atoms with Crippen molar-refractivity contribution in [3.63, 3.8) is 0 Å². The van der Waals surface area contributed by atoms with Gasteiger partial charge in [-0.15, -0.1) is 11.3 Å². The average molecular weight is 368 g/mol. The molecule has 3 rings (SSSR count). The highest BCUT2D eigenvalue weighted by Gasteiger charge is 2.15. The minimum atomic E-state index is -0.280. The minimum Gasteiger partial charge on any atom is -0.494 e. The Morgan fingerprint density at radius 3 is 2.58 bits per heavy atom. The molecule has 0 atom stereocenters. The van der Waals surface area contributed by atoms with Gasteiger partial charge in [-0.3, -0.25) is 4.79 Å². The number of ether oxygens (including phenoxy) is 2. The number of thiazole rings is 1. The predicted octanol–water partition coefficient (Wildman–Crippen LogP) is 4.86. The molecule has 0 aliphatic carbocycles. The molecule has 1 aromatic heterocycles. The molecule has 0 spiro atoms. The quantitative estimate of drug-likeness (QED) is 0.647. The summed E-state index contributed by atoms with van der Waals surface area (Å²) in [6, 6.07) is 15.2. The van der Waals surface area contributed by atoms with Crippen LogP contribution in [0.15, 0.2) is 53.9 Å². The van der Waals surface area contributed by atoms with Gasteiger partial charge < -0.3 is 14.8 Å². The van der Waals surface area contributed by atoms with Crippen molar-refractivity contribution >= 4 is 22.9 Å². The first kappa shape index (κ1) is 17.9. The second-order valence-corrected chi connectivity index (χ2v) is 6.24. The van der Waals surface area contributed by atoms with E-state index in [-0.39, 0.29) is 5.91 Å². The molecule has 2 aromatic carbocycles. The lowest BCUT2D eigenvalue weighted by Gasteiger charge is -2.13. The van der Waals surface area contributed by atoms with Gasteiger partial charge in [0, 0.05) is 17.0 Å². The maximum absolute atomic E-state index is 12.6. The fraction of sp³-hybridized carbons (Fsp3) is 0.200. The second-order valence-electron chi connectivity index (χ2n) is 5.38. The van der Waals surface area contributed by atoms with Gasteiger partial charge in [-0.05, 0) is 26.0 Å². The Morgan fingerprint density at radius 1 is 1.08 bits per heavy atom. The smallest absolute Gasteiger partial charge is 0.275 e. The molecular weight excluding hydrogens is 348 g/mol. The first-order chi connectivity index (χ1) is 12.7. The maximum atomic E-state index is 12.6. The van der Waals surface area contributed by atoms with Gasteiger partial charge in [-0.25, -0.2) is 4.98 Å². The Labute approximate surface area is 156 Å². The van der Waals surface area contributed by atoms with E-state index in [9.17, 15) is 4.79 Å². The Kier molecular flexibility index (Phi) is 5.86. The van der Waals surface area contributed by atoms with Crippen LogP contribution in [0.3, 0.4) is 0 Å². The first-order valence-electron chi connectivity index (χ1n) is 8.43. The third kappa shape index (κ3) is 4.21. The predicted molar refractivity (Wildman–Crippen MR) is 104 cm³/mol. The van der Waals surface area contributed by atoms with Gasteiger partial charge in [-0.1, -0.05) is 30.3 Å². The zero-order chi connectivity index (χ0) is 18.4. The molecule has 0 saturated carbocycles. The number of hydrogen-bond acceptors (Lipinski definition) is 5. The Morgan fingerprint density at radius 2 is 1.85 bits per heavy atom. The zero-order valence-corrected chi connectivity index (χ0v) is 15.5. The number of nitrogens with one attached hydrogen (secondary N) is 1. The molecule has 134 valence electrons. The van der Waals surface area contributed by atoms with E-state index < -0.39 is 0 Å². The number of benzene rings is 2. The summed E-state index contributed by atoms with van der Waals surface area (Å²) < 4.78 is 11.1. The highest BCUT2D eigenvalue weighted by atomic mass is 32.1. The summed E-state index contributed by atoms with van der Waals surface area (Å²) in [6.07, 6.45) is 0. The molecule has 0 aliphatic heterocycles. The van der Waals surface area contributed by atoms with E-state index in [1.165, 1.54) is 11.3 Å². The van der Waals surface area contributed by atoms with Crippen LogP contribution in [0.1, 0.15) is 24.3 Å². The lowest BCUT2D eigenvalue weighted by Crippen LogP contribution is -2.13. The SMILES string of the molecule is CCOc1ccc(OCC)c(NC(=O)c2csc(-c3ccccc3)n2)c1. The molecule has 0 unspecified atom stereocenters. The number of carbonyl (C=O) groups is 1. The third-order valence-electron chi connectivity index (χ3n) is 3.57. The van der Waals surface area contributed by atoms with Crippen molar-refractivity contribution in [2.45, 2.75) is 13.8 Å². The van der Waals surface area contributed by atoms with Gasteiger partial charge in [0.15, 0.2) is 0 Å². The van der Waals surface area contributed by atoms with Crippen molar-refractivity contribution in [3.8, 4) is 22.1 Å². The van der Waals surface area contributed by atoms with Crippen LogP contribution in [0.5, 0.6) is 11.5 Å². The van der Waals surface area contributed by atoms with Crippen LogP contribution >= 0.6 is 11.3 Å². The lowest BCUT2D eigenvalue weighted by atomic mass is 10.2. The van der Waals surface area contributed by atoms with Gasteiger partial charge >= 0.3 is 0 Å². The van der Waals surface area contributed by atoms with Crippen LogP contribution in [0.4, 0.5) is 5.69 Å². The number of rotatable bonds is 7. The van der Waals surface area contributed by atoms with Crippen molar-refractivity contribution in [1.82, 2.24) is 4.98 Å². The normalized spacial score (nSPS) is 10.4. The number of hydrogen-bond donors (Lipinski definition) is 1. The fourth-order valence-electron chi connectivity index (χ4n) is 2.42. The summed E-state index contributed by atoms with van der Waals surface area (Å²) in [5.41, 5.74) is 1.93. The molecule has 0 bridgehead atoms. The van der Waals surface area contributed by atoms with E-state index in [2.05, 4.69) is 10.3 Å². The van der Waals surface area contributed by atoms with Gasteiger partial charge in [0.2, 0.25) is 0 Å². The van der Waals surface area contributed by atoms with E-state index in [1.54, 1.807) is 17.5 Å². The van der Waals surface area contributed by atoms with Crippen LogP contribution in [0.25, 0.3) is 10.6 Å². The van der Waals surface area contributed by atoms with Crippen molar-refractivity contribution in [3.05, 3.63) is 59.6 Å². The van der Waals surface area contributed by atoms with Gasteiger partial charge in [-0.2, -0.15) is 0 Å².